The maximum atomic E-state index is 14.7. The largest absolute Gasteiger partial charge is 0.417 e. The van der Waals surface area contributed by atoms with Crippen LogP contribution in [0.4, 0.5) is 13.2 Å². The highest BCUT2D eigenvalue weighted by molar-refractivity contribution is 5.99. The number of nitriles is 1. The molecule has 0 N–H and O–H groups in total. The molecule has 2 aromatic heterocycles. The zero-order valence-electron chi connectivity index (χ0n) is 22.4. The number of Topliss-reactive ketones (excluding diaryl/α,β-unsaturated/α-hetero) is 1. The lowest BCUT2D eigenvalue weighted by atomic mass is 9.86. The van der Waals surface area contributed by atoms with Crippen molar-refractivity contribution < 1.29 is 18.0 Å². The zero-order valence-corrected chi connectivity index (χ0v) is 22.4. The van der Waals surface area contributed by atoms with Crippen LogP contribution in [0.1, 0.15) is 77.6 Å². The molecule has 0 unspecified atom stereocenters. The Balaban J connectivity index is 1.46. The molecule has 8 heteroatoms. The lowest BCUT2D eigenvalue weighted by Gasteiger charge is -2.38. The second kappa shape index (κ2) is 10.5. The minimum Gasteiger partial charge on any atom is -0.375 e. The molecule has 2 aliphatic rings. The van der Waals surface area contributed by atoms with E-state index >= 15 is 0 Å². The van der Waals surface area contributed by atoms with Crippen molar-refractivity contribution in [3.63, 3.8) is 0 Å². The number of carbonyl (C=O) groups is 1. The van der Waals surface area contributed by atoms with E-state index in [0.717, 1.165) is 32.4 Å². The summed E-state index contributed by atoms with van der Waals surface area (Å²) in [6, 6.07) is 8.00. The van der Waals surface area contributed by atoms with Crippen molar-refractivity contribution >= 4 is 16.8 Å². The number of nitrogens with zero attached hydrogens (tertiary/aromatic N) is 4. The maximum absolute atomic E-state index is 14.7. The van der Waals surface area contributed by atoms with E-state index in [1.165, 1.54) is 36.9 Å². The molecule has 3 heterocycles. The van der Waals surface area contributed by atoms with Gasteiger partial charge in [-0.3, -0.25) is 4.79 Å². The van der Waals surface area contributed by atoms with Crippen LogP contribution in [0, 0.1) is 23.2 Å². The zero-order chi connectivity index (χ0) is 27.9. The molecule has 1 saturated heterocycles. The quantitative estimate of drug-likeness (QED) is 0.319. The van der Waals surface area contributed by atoms with E-state index < -0.39 is 23.9 Å². The van der Waals surface area contributed by atoms with Gasteiger partial charge in [0.15, 0.2) is 5.78 Å². The molecule has 0 spiro atoms. The lowest BCUT2D eigenvalue weighted by molar-refractivity contribution is -0.136. The molecule has 1 saturated carbocycles. The SMILES string of the molecule is C=C([C@@H]1CCC[C@H]1C)N1CCC(c2cn(C)c3ncc(CC(=O)c4cccc(C#N)c4)c(C(F)(F)F)c23)CC1. The first-order valence-electron chi connectivity index (χ1n) is 13.6. The van der Waals surface area contributed by atoms with Crippen molar-refractivity contribution in [3.8, 4) is 6.07 Å². The number of rotatable bonds is 6. The first-order valence-corrected chi connectivity index (χ1v) is 13.6. The Labute approximate surface area is 226 Å². The van der Waals surface area contributed by atoms with E-state index in [4.69, 9.17) is 5.26 Å². The summed E-state index contributed by atoms with van der Waals surface area (Å²) < 4.78 is 45.7. The molecule has 0 bridgehead atoms. The van der Waals surface area contributed by atoms with Crippen LogP contribution in [-0.2, 0) is 19.6 Å². The fraction of sp³-hybridized carbons (Fsp3) is 0.452. The smallest absolute Gasteiger partial charge is 0.375 e. The maximum Gasteiger partial charge on any atom is 0.417 e. The molecule has 3 aromatic rings. The number of halogens is 3. The Kier molecular flexibility index (Phi) is 7.28. The van der Waals surface area contributed by atoms with Gasteiger partial charge < -0.3 is 9.47 Å². The number of alkyl halides is 3. The number of benzene rings is 1. The normalized spacial score (nSPS) is 20.4. The molecule has 2 atom stereocenters. The third-order valence-corrected chi connectivity index (χ3v) is 8.67. The predicted octanol–water partition coefficient (Wildman–Crippen LogP) is 7.02. The number of piperidine rings is 1. The fourth-order valence-corrected chi connectivity index (χ4v) is 6.57. The van der Waals surface area contributed by atoms with Crippen LogP contribution in [0.15, 0.2) is 48.9 Å². The van der Waals surface area contributed by atoms with E-state index in [2.05, 4.69) is 23.4 Å². The molecule has 1 aliphatic heterocycles. The number of hydrogen-bond acceptors (Lipinski definition) is 4. The molecule has 39 heavy (non-hydrogen) atoms. The van der Waals surface area contributed by atoms with Crippen LogP contribution < -0.4 is 0 Å². The van der Waals surface area contributed by atoms with Gasteiger partial charge in [0.2, 0.25) is 0 Å². The van der Waals surface area contributed by atoms with E-state index in [1.54, 1.807) is 29.9 Å². The summed E-state index contributed by atoms with van der Waals surface area (Å²) >= 11 is 0. The van der Waals surface area contributed by atoms with Crippen molar-refractivity contribution in [2.75, 3.05) is 13.1 Å². The van der Waals surface area contributed by atoms with Gasteiger partial charge in [0, 0.05) is 61.5 Å². The van der Waals surface area contributed by atoms with Crippen molar-refractivity contribution in [2.24, 2.45) is 18.9 Å². The van der Waals surface area contributed by atoms with Gasteiger partial charge >= 0.3 is 6.18 Å². The summed E-state index contributed by atoms with van der Waals surface area (Å²) in [6.07, 6.45) is 2.93. The van der Waals surface area contributed by atoms with E-state index in [0.29, 0.717) is 17.4 Å². The summed E-state index contributed by atoms with van der Waals surface area (Å²) in [5.74, 6) is 0.593. The minimum absolute atomic E-state index is 0.0417. The van der Waals surface area contributed by atoms with Gasteiger partial charge in [-0.2, -0.15) is 18.4 Å². The standard InChI is InChI=1S/C31H33F3N4O/c1-19-6-4-9-25(19)20(2)38-12-10-22(11-13-38)26-18-37(3)30-28(26)29(31(32,33)34)24(17-36-30)15-27(39)23-8-5-7-21(14-23)16-35/h5,7-8,14,17-19,22,25H,2,4,6,9-13,15H2,1,3H3/t19-,25-/m1/s1. The molecule has 1 aromatic carbocycles. The molecular weight excluding hydrogens is 501 g/mol. The molecular formula is C31H33F3N4O. The van der Waals surface area contributed by atoms with Crippen LogP contribution >= 0.6 is 0 Å². The van der Waals surface area contributed by atoms with E-state index in [9.17, 15) is 18.0 Å². The Morgan fingerprint density at radius 1 is 1.21 bits per heavy atom. The van der Waals surface area contributed by atoms with E-state index in [-0.39, 0.29) is 33.6 Å². The molecule has 0 amide bonds. The molecule has 1 aliphatic carbocycles. The number of aryl methyl sites for hydroxylation is 1. The third-order valence-electron chi connectivity index (χ3n) is 8.67. The number of fused-ring (bicyclic) bond motifs is 1. The summed E-state index contributed by atoms with van der Waals surface area (Å²) in [5, 5.41) is 9.24. The number of carbonyl (C=O) groups excluding carboxylic acids is 1. The third kappa shape index (κ3) is 5.19. The van der Waals surface area contributed by atoms with Crippen LogP contribution in [0.25, 0.3) is 11.0 Å². The van der Waals surface area contributed by atoms with Crippen molar-refractivity contribution in [1.82, 2.24) is 14.5 Å². The van der Waals surface area contributed by atoms with Gasteiger partial charge in [0.1, 0.15) is 5.65 Å². The van der Waals surface area contributed by atoms with Crippen molar-refractivity contribution in [3.05, 3.63) is 76.8 Å². The number of aromatic nitrogens is 2. The van der Waals surface area contributed by atoms with Crippen molar-refractivity contribution in [1.29, 1.82) is 5.26 Å². The minimum atomic E-state index is -4.66. The van der Waals surface area contributed by atoms with Crippen LogP contribution in [0.5, 0.6) is 0 Å². The molecule has 204 valence electrons. The summed E-state index contributed by atoms with van der Waals surface area (Å²) in [5.41, 5.74) is 1.66. The number of allylic oxidation sites excluding steroid dienone is 1. The molecule has 5 rings (SSSR count). The molecule has 0 radical (unpaired) electrons. The molecule has 5 nitrogen and oxygen atoms in total. The highest BCUT2D eigenvalue weighted by atomic mass is 19.4. The summed E-state index contributed by atoms with van der Waals surface area (Å²) in [7, 11) is 1.72. The van der Waals surface area contributed by atoms with Gasteiger partial charge in [-0.15, -0.1) is 0 Å². The summed E-state index contributed by atoms with van der Waals surface area (Å²) in [6.45, 7) is 8.21. The average Bonchev–Trinajstić information content (AvgIpc) is 3.50. The van der Waals surface area contributed by atoms with Crippen LogP contribution in [-0.4, -0.2) is 33.3 Å². The number of pyridine rings is 1. The van der Waals surface area contributed by atoms with Gasteiger partial charge in [0.25, 0.3) is 0 Å². The first kappa shape index (κ1) is 27.0. The lowest BCUT2D eigenvalue weighted by Crippen LogP contribution is -2.35. The molecule has 2 fully saturated rings. The topological polar surface area (TPSA) is 61.9 Å². The number of hydrogen-bond donors (Lipinski definition) is 0. The Morgan fingerprint density at radius 3 is 2.59 bits per heavy atom. The highest BCUT2D eigenvalue weighted by Gasteiger charge is 2.39. The van der Waals surface area contributed by atoms with Gasteiger partial charge in [-0.25, -0.2) is 4.98 Å². The van der Waals surface area contributed by atoms with Gasteiger partial charge in [-0.1, -0.05) is 38.5 Å². The summed E-state index contributed by atoms with van der Waals surface area (Å²) in [4.78, 5) is 19.7. The number of likely N-dealkylation sites (tertiary alicyclic amines) is 1. The second-order valence-electron chi connectivity index (χ2n) is 11.1. The average molecular weight is 535 g/mol. The Bertz CT molecular complexity index is 1460. The monoisotopic (exact) mass is 534 g/mol. The second-order valence-corrected chi connectivity index (χ2v) is 11.1. The predicted molar refractivity (Wildman–Crippen MR) is 144 cm³/mol. The number of ketones is 1. The van der Waals surface area contributed by atoms with E-state index in [1.807, 2.05) is 6.07 Å². The first-order chi connectivity index (χ1) is 18.6. The van der Waals surface area contributed by atoms with Crippen molar-refractivity contribution in [2.45, 2.75) is 57.5 Å². The van der Waals surface area contributed by atoms with Crippen LogP contribution in [0.3, 0.4) is 0 Å². The Hall–Kier alpha value is -3.60. The van der Waals surface area contributed by atoms with Gasteiger partial charge in [0.05, 0.1) is 17.2 Å². The Morgan fingerprint density at radius 2 is 1.95 bits per heavy atom. The van der Waals surface area contributed by atoms with Crippen LogP contribution in [0.2, 0.25) is 0 Å². The van der Waals surface area contributed by atoms with Gasteiger partial charge in [-0.05, 0) is 54.4 Å². The highest BCUT2D eigenvalue weighted by Crippen LogP contribution is 2.44. The fourth-order valence-electron chi connectivity index (χ4n) is 6.57.